The molecule has 2 aliphatic rings. The van der Waals surface area contributed by atoms with Gasteiger partial charge in [0.1, 0.15) is 12.5 Å². The molecule has 2 saturated heterocycles. The summed E-state index contributed by atoms with van der Waals surface area (Å²) in [5.41, 5.74) is -0.637. The van der Waals surface area contributed by atoms with Gasteiger partial charge in [0.2, 0.25) is 0 Å². The fourth-order valence-corrected chi connectivity index (χ4v) is 2.54. The van der Waals surface area contributed by atoms with Crippen molar-refractivity contribution in [3.63, 3.8) is 0 Å². The molecule has 0 saturated carbocycles. The zero-order valence-electron chi connectivity index (χ0n) is 10.1. The van der Waals surface area contributed by atoms with Gasteiger partial charge in [-0.1, -0.05) is 0 Å². The summed E-state index contributed by atoms with van der Waals surface area (Å²) in [5.74, 6) is 0. The van der Waals surface area contributed by atoms with Gasteiger partial charge in [-0.05, 0) is 25.7 Å². The van der Waals surface area contributed by atoms with E-state index in [1.54, 1.807) is 0 Å². The number of nitrogens with zero attached hydrogens (tertiary/aromatic N) is 2. The van der Waals surface area contributed by atoms with E-state index < -0.39 is 6.23 Å². The van der Waals surface area contributed by atoms with Crippen molar-refractivity contribution in [2.75, 3.05) is 13.2 Å². The van der Waals surface area contributed by atoms with Crippen LogP contribution in [0.5, 0.6) is 0 Å². The highest BCUT2D eigenvalue weighted by Crippen LogP contribution is 2.22. The summed E-state index contributed by atoms with van der Waals surface area (Å²) in [6.07, 6.45) is 4.20. The quantitative estimate of drug-likeness (QED) is 0.774. The van der Waals surface area contributed by atoms with E-state index in [0.29, 0.717) is 19.6 Å². The molecule has 6 nitrogen and oxygen atoms in total. The van der Waals surface area contributed by atoms with Crippen LogP contribution in [0.3, 0.4) is 0 Å². The van der Waals surface area contributed by atoms with E-state index >= 15 is 0 Å². The number of ether oxygens (including phenoxy) is 2. The third-order valence-corrected chi connectivity index (χ3v) is 3.45. The summed E-state index contributed by atoms with van der Waals surface area (Å²) in [4.78, 5) is 24.2. The van der Waals surface area contributed by atoms with Crippen LogP contribution in [0.4, 0.5) is 0 Å². The van der Waals surface area contributed by atoms with Gasteiger partial charge in [-0.2, -0.15) is 0 Å². The molecule has 0 N–H and O–H groups in total. The van der Waals surface area contributed by atoms with E-state index in [0.717, 1.165) is 19.3 Å². The lowest BCUT2D eigenvalue weighted by atomic mass is 10.3. The highest BCUT2D eigenvalue weighted by molar-refractivity contribution is 4.90. The molecule has 1 aromatic rings. The summed E-state index contributed by atoms with van der Waals surface area (Å²) in [7, 11) is 0. The molecule has 2 unspecified atom stereocenters. The fraction of sp³-hybridized carbons (Fsp3) is 0.667. The van der Waals surface area contributed by atoms with Crippen LogP contribution in [0.2, 0.25) is 0 Å². The highest BCUT2D eigenvalue weighted by atomic mass is 16.5. The first kappa shape index (κ1) is 11.7. The molecule has 1 aromatic heterocycles. The maximum atomic E-state index is 12.3. The lowest BCUT2D eigenvalue weighted by Gasteiger charge is -2.17. The van der Waals surface area contributed by atoms with Gasteiger partial charge in [0.05, 0.1) is 0 Å². The first-order valence-electron chi connectivity index (χ1n) is 6.34. The van der Waals surface area contributed by atoms with Crippen molar-refractivity contribution in [1.29, 1.82) is 0 Å². The Morgan fingerprint density at radius 1 is 1.06 bits per heavy atom. The van der Waals surface area contributed by atoms with E-state index in [9.17, 15) is 9.59 Å². The standard InChI is InChI=1S/C12H16N2O4/c15-9-5-6-13(10-3-1-7-17-10)12(16)14(9)11-4-2-8-18-11/h5-6,10-11H,1-4,7-8H2. The zero-order chi connectivity index (χ0) is 12.5. The van der Waals surface area contributed by atoms with Crippen molar-refractivity contribution in [2.45, 2.75) is 38.1 Å². The Bertz CT molecular complexity index is 536. The maximum Gasteiger partial charge on any atom is 0.335 e. The minimum Gasteiger partial charge on any atom is -0.358 e. The third-order valence-electron chi connectivity index (χ3n) is 3.45. The summed E-state index contributed by atoms with van der Waals surface area (Å²) < 4.78 is 13.6. The first-order valence-corrected chi connectivity index (χ1v) is 6.34. The summed E-state index contributed by atoms with van der Waals surface area (Å²) >= 11 is 0. The van der Waals surface area contributed by atoms with Gasteiger partial charge in [-0.3, -0.25) is 9.36 Å². The molecule has 2 atom stereocenters. The van der Waals surface area contributed by atoms with Gasteiger partial charge in [0, 0.05) is 25.5 Å². The molecule has 98 valence electrons. The van der Waals surface area contributed by atoms with Crippen LogP contribution in [0, 0.1) is 0 Å². The molecule has 2 aliphatic heterocycles. The first-order chi connectivity index (χ1) is 8.77. The van der Waals surface area contributed by atoms with E-state index in [-0.39, 0.29) is 17.5 Å². The fourth-order valence-electron chi connectivity index (χ4n) is 2.54. The topological polar surface area (TPSA) is 62.5 Å². The van der Waals surface area contributed by atoms with Gasteiger partial charge in [0.15, 0.2) is 0 Å². The third kappa shape index (κ3) is 1.91. The van der Waals surface area contributed by atoms with Gasteiger partial charge in [0.25, 0.3) is 5.56 Å². The molecule has 0 aromatic carbocycles. The molecule has 0 bridgehead atoms. The summed E-state index contributed by atoms with van der Waals surface area (Å²) in [6, 6.07) is 1.41. The van der Waals surface area contributed by atoms with Gasteiger partial charge in [-0.25, -0.2) is 9.36 Å². The van der Waals surface area contributed by atoms with Crippen molar-refractivity contribution < 1.29 is 9.47 Å². The number of hydrogen-bond acceptors (Lipinski definition) is 4. The second-order valence-electron chi connectivity index (χ2n) is 4.65. The average molecular weight is 252 g/mol. The van der Waals surface area contributed by atoms with Gasteiger partial charge >= 0.3 is 5.69 Å². The van der Waals surface area contributed by atoms with E-state index in [1.807, 2.05) is 0 Å². The second-order valence-corrected chi connectivity index (χ2v) is 4.65. The normalized spacial score (nSPS) is 27.8. The molecular weight excluding hydrogens is 236 g/mol. The number of aromatic nitrogens is 2. The van der Waals surface area contributed by atoms with Crippen LogP contribution in [-0.2, 0) is 9.47 Å². The molecule has 3 rings (SSSR count). The highest BCUT2D eigenvalue weighted by Gasteiger charge is 2.25. The van der Waals surface area contributed by atoms with Crippen LogP contribution < -0.4 is 11.2 Å². The predicted molar refractivity (Wildman–Crippen MR) is 63.4 cm³/mol. The molecule has 3 heterocycles. The van der Waals surface area contributed by atoms with Crippen molar-refractivity contribution in [3.8, 4) is 0 Å². The molecule has 2 fully saturated rings. The van der Waals surface area contributed by atoms with Crippen molar-refractivity contribution in [1.82, 2.24) is 9.13 Å². The molecule has 6 heteroatoms. The predicted octanol–water partition coefficient (Wildman–Crippen LogP) is 0.628. The Labute approximate surface area is 104 Å². The molecular formula is C12H16N2O4. The molecule has 0 radical (unpaired) electrons. The second kappa shape index (κ2) is 4.70. The summed E-state index contributed by atoms with van der Waals surface area (Å²) in [6.45, 7) is 1.27. The Balaban J connectivity index is 2.04. The van der Waals surface area contributed by atoms with Crippen LogP contribution in [0.25, 0.3) is 0 Å². The van der Waals surface area contributed by atoms with Crippen LogP contribution in [0.1, 0.15) is 38.1 Å². The zero-order valence-corrected chi connectivity index (χ0v) is 10.1. The van der Waals surface area contributed by atoms with Crippen LogP contribution in [0.15, 0.2) is 21.9 Å². The van der Waals surface area contributed by atoms with Gasteiger partial charge in [-0.15, -0.1) is 0 Å². The number of rotatable bonds is 2. The largest absolute Gasteiger partial charge is 0.358 e. The SMILES string of the molecule is O=c1ccn(C2CCCO2)c(=O)n1C1CCCO1. The Hall–Kier alpha value is -1.40. The van der Waals surface area contributed by atoms with Gasteiger partial charge < -0.3 is 9.47 Å². The minimum absolute atomic E-state index is 0.245. The minimum atomic E-state index is -0.418. The lowest BCUT2D eigenvalue weighted by Crippen LogP contribution is -2.42. The van der Waals surface area contributed by atoms with Crippen molar-refractivity contribution in [2.24, 2.45) is 0 Å². The average Bonchev–Trinajstić information content (AvgIpc) is 3.01. The molecule has 0 spiro atoms. The smallest absolute Gasteiger partial charge is 0.335 e. The Kier molecular flexibility index (Phi) is 3.05. The Morgan fingerprint density at radius 3 is 2.33 bits per heavy atom. The monoisotopic (exact) mass is 252 g/mol. The molecule has 0 aliphatic carbocycles. The van der Waals surface area contributed by atoms with Crippen molar-refractivity contribution >= 4 is 0 Å². The maximum absolute atomic E-state index is 12.3. The van der Waals surface area contributed by atoms with Crippen LogP contribution >= 0.6 is 0 Å². The molecule has 18 heavy (non-hydrogen) atoms. The van der Waals surface area contributed by atoms with Crippen LogP contribution in [-0.4, -0.2) is 22.3 Å². The lowest BCUT2D eigenvalue weighted by molar-refractivity contribution is 0.0320. The molecule has 0 amide bonds. The van der Waals surface area contributed by atoms with E-state index in [2.05, 4.69) is 0 Å². The summed E-state index contributed by atoms with van der Waals surface area (Å²) in [5, 5.41) is 0. The van der Waals surface area contributed by atoms with E-state index in [4.69, 9.17) is 9.47 Å². The number of hydrogen-bond donors (Lipinski definition) is 0. The van der Waals surface area contributed by atoms with E-state index in [1.165, 1.54) is 21.4 Å². The van der Waals surface area contributed by atoms with Crippen molar-refractivity contribution in [3.05, 3.63) is 33.1 Å². The Morgan fingerprint density at radius 2 is 1.72 bits per heavy atom.